The molecule has 0 atom stereocenters. The van der Waals surface area contributed by atoms with Gasteiger partial charge in [0.25, 0.3) is 5.91 Å². The van der Waals surface area contributed by atoms with Crippen molar-refractivity contribution < 1.29 is 14.7 Å². The van der Waals surface area contributed by atoms with E-state index in [2.05, 4.69) is 99.0 Å². The summed E-state index contributed by atoms with van der Waals surface area (Å²) in [6.45, 7) is 6.76. The number of hydrogen-bond acceptors (Lipinski definition) is 4. The number of para-hydroxylation sites is 1. The molecule has 0 saturated carbocycles. The molecular formula is C38H55NO3S. The largest absolute Gasteiger partial charge is 0.507 e. The minimum Gasteiger partial charge on any atom is -0.507 e. The van der Waals surface area contributed by atoms with Gasteiger partial charge in [-0.25, -0.2) is 0 Å². The zero-order chi connectivity index (χ0) is 31.4. The molecule has 0 aliphatic heterocycles. The Morgan fingerprint density at radius 2 is 1.26 bits per heavy atom. The molecule has 1 aromatic rings. The van der Waals surface area contributed by atoms with E-state index in [1.54, 1.807) is 30.0 Å². The predicted molar refractivity (Wildman–Crippen MR) is 188 cm³/mol. The Morgan fingerprint density at radius 1 is 0.744 bits per heavy atom. The first-order chi connectivity index (χ1) is 21.0. The number of Topliss-reactive ketones (excluding diaryl/α,β-unsaturated/α-hetero) is 1. The first kappa shape index (κ1) is 38.0. The van der Waals surface area contributed by atoms with Gasteiger partial charge in [0.15, 0.2) is 0 Å². The number of benzene rings is 1. The van der Waals surface area contributed by atoms with Gasteiger partial charge in [0.1, 0.15) is 11.5 Å². The molecule has 236 valence electrons. The number of rotatable bonds is 24. The van der Waals surface area contributed by atoms with Gasteiger partial charge in [-0.3, -0.25) is 9.59 Å². The summed E-state index contributed by atoms with van der Waals surface area (Å²) in [5.74, 6) is 0.885. The molecule has 5 heteroatoms. The van der Waals surface area contributed by atoms with Crippen molar-refractivity contribution in [1.29, 1.82) is 0 Å². The molecule has 0 saturated heterocycles. The second kappa shape index (κ2) is 25.4. The van der Waals surface area contributed by atoms with E-state index in [9.17, 15) is 14.7 Å². The third kappa shape index (κ3) is 17.6. The molecule has 4 nitrogen and oxygen atoms in total. The summed E-state index contributed by atoms with van der Waals surface area (Å²) in [7, 11) is 0. The highest BCUT2D eigenvalue weighted by molar-refractivity contribution is 8.01. The fraction of sp³-hybridized carbons (Fsp3) is 0.474. The average molecular weight is 606 g/mol. The van der Waals surface area contributed by atoms with Gasteiger partial charge in [0.05, 0.1) is 10.3 Å². The van der Waals surface area contributed by atoms with Crippen LogP contribution in [0.4, 0.5) is 0 Å². The van der Waals surface area contributed by atoms with Gasteiger partial charge in [-0.2, -0.15) is 0 Å². The highest BCUT2D eigenvalue weighted by Crippen LogP contribution is 2.35. The predicted octanol–water partition coefficient (Wildman–Crippen LogP) is 10.2. The fourth-order valence-electron chi connectivity index (χ4n) is 4.48. The van der Waals surface area contributed by atoms with E-state index < -0.39 is 0 Å². The molecule has 0 bridgehead atoms. The van der Waals surface area contributed by atoms with Crippen molar-refractivity contribution in [2.24, 2.45) is 0 Å². The molecule has 0 unspecified atom stereocenters. The van der Waals surface area contributed by atoms with Gasteiger partial charge in [-0.15, -0.1) is 11.8 Å². The number of unbranched alkanes of at least 4 members (excludes halogenated alkanes) is 1. The quantitative estimate of drug-likeness (QED) is 0.0909. The molecular weight excluding hydrogens is 550 g/mol. The summed E-state index contributed by atoms with van der Waals surface area (Å²) < 4.78 is -0.347. The normalized spacial score (nSPS) is 12.7. The number of hydrogen-bond donors (Lipinski definition) is 2. The summed E-state index contributed by atoms with van der Waals surface area (Å²) in [6, 6.07) is 6.48. The first-order valence-corrected chi connectivity index (χ1v) is 17.1. The monoisotopic (exact) mass is 605 g/mol. The molecule has 1 amide bonds. The van der Waals surface area contributed by atoms with E-state index in [4.69, 9.17) is 0 Å². The molecule has 1 rings (SSSR count). The average Bonchev–Trinajstić information content (AvgIpc) is 3.02. The summed E-state index contributed by atoms with van der Waals surface area (Å²) >= 11 is 1.79. The second-order valence-corrected chi connectivity index (χ2v) is 11.9. The van der Waals surface area contributed by atoms with Gasteiger partial charge in [0, 0.05) is 13.0 Å². The van der Waals surface area contributed by atoms with Crippen LogP contribution in [0.15, 0.2) is 97.2 Å². The van der Waals surface area contributed by atoms with Crippen LogP contribution >= 0.6 is 11.8 Å². The fourth-order valence-corrected chi connectivity index (χ4v) is 5.85. The second-order valence-electron chi connectivity index (χ2n) is 10.4. The smallest absolute Gasteiger partial charge is 0.255 e. The van der Waals surface area contributed by atoms with E-state index in [-0.39, 0.29) is 27.8 Å². The molecule has 0 aliphatic rings. The van der Waals surface area contributed by atoms with Gasteiger partial charge in [-0.05, 0) is 88.5 Å². The SMILES string of the molecule is CC/C=C\C/C=C\C/C=C\C/C=C\C/C=C\C/C=C\CCCSC(CC)(CC)C(=O)CCCNC(=O)c1ccccc1O. The van der Waals surface area contributed by atoms with Crippen LogP contribution in [0.3, 0.4) is 0 Å². The summed E-state index contributed by atoms with van der Waals surface area (Å²) in [5.41, 5.74) is 0.257. The van der Waals surface area contributed by atoms with Crippen LogP contribution in [0.5, 0.6) is 5.75 Å². The van der Waals surface area contributed by atoms with Gasteiger partial charge >= 0.3 is 0 Å². The van der Waals surface area contributed by atoms with Gasteiger partial charge in [0.2, 0.25) is 0 Å². The Balaban J connectivity index is 2.18. The van der Waals surface area contributed by atoms with Crippen molar-refractivity contribution in [2.45, 2.75) is 103 Å². The maximum absolute atomic E-state index is 13.1. The lowest BCUT2D eigenvalue weighted by atomic mass is 9.94. The number of ketones is 1. The Bertz CT molecular complexity index is 1080. The number of allylic oxidation sites excluding steroid dienone is 12. The molecule has 0 heterocycles. The minimum atomic E-state index is -0.347. The number of carbonyl (C=O) groups excluding carboxylic acids is 2. The minimum absolute atomic E-state index is 0.0347. The van der Waals surface area contributed by atoms with E-state index >= 15 is 0 Å². The molecule has 0 spiro atoms. The van der Waals surface area contributed by atoms with Crippen LogP contribution in [-0.2, 0) is 4.79 Å². The van der Waals surface area contributed by atoms with Crippen molar-refractivity contribution in [3.05, 3.63) is 103 Å². The summed E-state index contributed by atoms with van der Waals surface area (Å²) in [5, 5.41) is 12.6. The summed E-state index contributed by atoms with van der Waals surface area (Å²) in [4.78, 5) is 25.4. The maximum Gasteiger partial charge on any atom is 0.255 e. The number of phenolic OH excluding ortho intramolecular Hbond substituents is 1. The Labute approximate surface area is 266 Å². The molecule has 0 fully saturated rings. The van der Waals surface area contributed by atoms with Crippen molar-refractivity contribution >= 4 is 23.5 Å². The first-order valence-electron chi connectivity index (χ1n) is 16.1. The lowest BCUT2D eigenvalue weighted by molar-refractivity contribution is -0.121. The zero-order valence-corrected chi connectivity index (χ0v) is 27.6. The standard InChI is InChI=1S/C38H55NO3S/c1-4-7-8-9-10-11-12-13-14-15-16-17-18-19-20-21-22-23-24-27-33-43-38(5-2,6-3)36(41)31-28-32-39-37(42)34-29-25-26-30-35(34)40/h7-8,10-11,13-14,16-17,19-20,22-23,25-26,29-30,40H,4-6,9,12,15,18,21,24,27-28,31-33H2,1-3H3,(H,39,42)/b8-7-,11-10-,14-13-,17-16-,20-19-,23-22-. The van der Waals surface area contributed by atoms with Crippen molar-refractivity contribution in [3.8, 4) is 5.75 Å². The van der Waals surface area contributed by atoms with E-state index in [1.807, 2.05) is 0 Å². The number of carbonyl (C=O) groups is 2. The van der Waals surface area contributed by atoms with Crippen LogP contribution < -0.4 is 5.32 Å². The van der Waals surface area contributed by atoms with Crippen LogP contribution in [0, 0.1) is 0 Å². The van der Waals surface area contributed by atoms with Crippen molar-refractivity contribution in [3.63, 3.8) is 0 Å². The van der Waals surface area contributed by atoms with Crippen molar-refractivity contribution in [2.75, 3.05) is 12.3 Å². The van der Waals surface area contributed by atoms with Gasteiger partial charge in [-0.1, -0.05) is 106 Å². The molecule has 0 radical (unpaired) electrons. The number of phenols is 1. The highest BCUT2D eigenvalue weighted by Gasteiger charge is 2.34. The third-order valence-corrected chi connectivity index (χ3v) is 9.01. The Kier molecular flexibility index (Phi) is 22.5. The number of aromatic hydroxyl groups is 1. The highest BCUT2D eigenvalue weighted by atomic mass is 32.2. The van der Waals surface area contributed by atoms with E-state index in [0.717, 1.165) is 70.0 Å². The van der Waals surface area contributed by atoms with Crippen molar-refractivity contribution in [1.82, 2.24) is 5.32 Å². The van der Waals surface area contributed by atoms with E-state index in [1.165, 1.54) is 6.07 Å². The van der Waals surface area contributed by atoms with E-state index in [0.29, 0.717) is 19.4 Å². The Morgan fingerprint density at radius 3 is 1.77 bits per heavy atom. The molecule has 0 aliphatic carbocycles. The van der Waals surface area contributed by atoms with Crippen LogP contribution in [0.1, 0.15) is 108 Å². The lowest BCUT2D eigenvalue weighted by Gasteiger charge is -2.29. The van der Waals surface area contributed by atoms with Crippen LogP contribution in [-0.4, -0.2) is 33.8 Å². The zero-order valence-electron chi connectivity index (χ0n) is 26.8. The molecule has 0 aromatic heterocycles. The van der Waals surface area contributed by atoms with Crippen LogP contribution in [0.2, 0.25) is 0 Å². The summed E-state index contributed by atoms with van der Waals surface area (Å²) in [6.07, 6.45) is 37.4. The van der Waals surface area contributed by atoms with Crippen LogP contribution in [0.25, 0.3) is 0 Å². The van der Waals surface area contributed by atoms with Gasteiger partial charge < -0.3 is 10.4 Å². The molecule has 43 heavy (non-hydrogen) atoms. The topological polar surface area (TPSA) is 66.4 Å². The maximum atomic E-state index is 13.1. The number of thioether (sulfide) groups is 1. The lowest BCUT2D eigenvalue weighted by Crippen LogP contribution is -2.35. The molecule has 1 aromatic carbocycles. The molecule has 2 N–H and O–H groups in total. The Hall–Kier alpha value is -3.05. The third-order valence-electron chi connectivity index (χ3n) is 7.16. The number of nitrogens with one attached hydrogen (secondary N) is 1. The number of amides is 1.